The van der Waals surface area contributed by atoms with E-state index in [0.717, 1.165) is 19.6 Å². The molecule has 0 N–H and O–H groups in total. The molecule has 1 aliphatic heterocycles. The summed E-state index contributed by atoms with van der Waals surface area (Å²) >= 11 is 0. The highest BCUT2D eigenvalue weighted by atomic mass is 15.3. The van der Waals surface area contributed by atoms with Gasteiger partial charge in [0.2, 0.25) is 0 Å². The molecule has 0 saturated carbocycles. The summed E-state index contributed by atoms with van der Waals surface area (Å²) in [5.74, 6) is 1.20. The van der Waals surface area contributed by atoms with Crippen LogP contribution in [0.3, 0.4) is 0 Å². The molecular formula is C13H23N3. The minimum atomic E-state index is 0.199. The Morgan fingerprint density at radius 3 is 2.44 bits per heavy atom. The third-order valence-corrected chi connectivity index (χ3v) is 4.37. The van der Waals surface area contributed by atoms with Gasteiger partial charge in [0, 0.05) is 31.0 Å². The fraction of sp³-hybridized carbons (Fsp3) is 0.769. The smallest absolute Gasteiger partial charge is 0.122 e. The maximum Gasteiger partial charge on any atom is 0.122 e. The van der Waals surface area contributed by atoms with Gasteiger partial charge in [0.1, 0.15) is 5.82 Å². The van der Waals surface area contributed by atoms with Gasteiger partial charge >= 0.3 is 0 Å². The van der Waals surface area contributed by atoms with Crippen LogP contribution in [0.5, 0.6) is 0 Å². The van der Waals surface area contributed by atoms with Crippen molar-refractivity contribution < 1.29 is 0 Å². The molecule has 0 bridgehead atoms. The highest BCUT2D eigenvalue weighted by Crippen LogP contribution is 2.36. The van der Waals surface area contributed by atoms with Crippen molar-refractivity contribution in [2.75, 3.05) is 6.54 Å². The Hall–Kier alpha value is -0.830. The number of rotatable bonds is 1. The number of imidazole rings is 1. The lowest BCUT2D eigenvalue weighted by atomic mass is 9.75. The van der Waals surface area contributed by atoms with Crippen molar-refractivity contribution in [3.05, 3.63) is 18.2 Å². The first-order valence-electron chi connectivity index (χ1n) is 6.07. The summed E-state index contributed by atoms with van der Waals surface area (Å²) in [6.45, 7) is 14.8. The molecule has 1 aliphatic rings. The van der Waals surface area contributed by atoms with Crippen LogP contribution in [-0.4, -0.2) is 26.5 Å². The van der Waals surface area contributed by atoms with Crippen LogP contribution in [-0.2, 0) is 13.1 Å². The molecule has 1 aromatic heterocycles. The molecule has 2 heterocycles. The topological polar surface area (TPSA) is 21.1 Å². The fourth-order valence-electron chi connectivity index (χ4n) is 2.12. The summed E-state index contributed by atoms with van der Waals surface area (Å²) in [5, 5.41) is 0. The molecule has 0 aliphatic carbocycles. The van der Waals surface area contributed by atoms with Gasteiger partial charge in [0.05, 0.1) is 6.54 Å². The molecule has 0 fully saturated rings. The van der Waals surface area contributed by atoms with Crippen LogP contribution in [0.1, 0.15) is 40.4 Å². The van der Waals surface area contributed by atoms with E-state index in [4.69, 9.17) is 0 Å². The first-order valence-corrected chi connectivity index (χ1v) is 6.07. The first kappa shape index (κ1) is 11.6. The molecular weight excluding hydrogens is 198 g/mol. The van der Waals surface area contributed by atoms with Crippen LogP contribution in [0.2, 0.25) is 0 Å². The van der Waals surface area contributed by atoms with Gasteiger partial charge in [-0.3, -0.25) is 4.90 Å². The summed E-state index contributed by atoms with van der Waals surface area (Å²) in [4.78, 5) is 6.97. The zero-order valence-corrected chi connectivity index (χ0v) is 11.1. The van der Waals surface area contributed by atoms with Crippen molar-refractivity contribution in [1.82, 2.24) is 14.5 Å². The average molecular weight is 221 g/mol. The van der Waals surface area contributed by atoms with Crippen LogP contribution in [0.25, 0.3) is 0 Å². The quantitative estimate of drug-likeness (QED) is 0.726. The standard InChI is InChI=1S/C13H23N3/c1-12(2,3)13(4,5)16-9-8-15-7-6-14-11(15)10-16/h6-7H,8-10H2,1-5H3. The third-order valence-electron chi connectivity index (χ3n) is 4.37. The van der Waals surface area contributed by atoms with Gasteiger partial charge in [-0.25, -0.2) is 4.98 Å². The Labute approximate surface area is 98.5 Å². The minimum absolute atomic E-state index is 0.199. The Morgan fingerprint density at radius 2 is 1.81 bits per heavy atom. The van der Waals surface area contributed by atoms with Crippen molar-refractivity contribution in [1.29, 1.82) is 0 Å². The second kappa shape index (κ2) is 3.59. The van der Waals surface area contributed by atoms with E-state index in [2.05, 4.69) is 55.3 Å². The lowest BCUT2D eigenvalue weighted by molar-refractivity contribution is 0.000970. The molecule has 0 radical (unpaired) electrons. The second-order valence-electron chi connectivity index (χ2n) is 6.27. The second-order valence-corrected chi connectivity index (χ2v) is 6.27. The summed E-state index contributed by atoms with van der Waals surface area (Å²) in [6, 6.07) is 0. The van der Waals surface area contributed by atoms with Gasteiger partial charge in [0.15, 0.2) is 0 Å². The fourth-order valence-corrected chi connectivity index (χ4v) is 2.12. The maximum atomic E-state index is 4.42. The molecule has 0 unspecified atom stereocenters. The average Bonchev–Trinajstić information content (AvgIpc) is 2.61. The molecule has 3 nitrogen and oxygen atoms in total. The predicted molar refractivity (Wildman–Crippen MR) is 66.2 cm³/mol. The third kappa shape index (κ3) is 1.77. The lowest BCUT2D eigenvalue weighted by Gasteiger charge is -2.49. The van der Waals surface area contributed by atoms with Crippen molar-refractivity contribution in [3.63, 3.8) is 0 Å². The van der Waals surface area contributed by atoms with Gasteiger partial charge in [-0.1, -0.05) is 20.8 Å². The molecule has 16 heavy (non-hydrogen) atoms. The van der Waals surface area contributed by atoms with E-state index >= 15 is 0 Å². The number of aromatic nitrogens is 2. The van der Waals surface area contributed by atoms with Crippen molar-refractivity contribution in [2.45, 2.75) is 53.2 Å². The monoisotopic (exact) mass is 221 g/mol. The highest BCUT2D eigenvalue weighted by molar-refractivity contribution is 5.01. The Bertz CT molecular complexity index is 371. The molecule has 1 aromatic rings. The Balaban J connectivity index is 2.20. The molecule has 3 heteroatoms. The van der Waals surface area contributed by atoms with Crippen molar-refractivity contribution in [3.8, 4) is 0 Å². The zero-order valence-electron chi connectivity index (χ0n) is 11.1. The summed E-state index contributed by atoms with van der Waals surface area (Å²) in [7, 11) is 0. The van der Waals surface area contributed by atoms with Crippen molar-refractivity contribution in [2.24, 2.45) is 5.41 Å². The van der Waals surface area contributed by atoms with E-state index in [0.29, 0.717) is 0 Å². The van der Waals surface area contributed by atoms with E-state index in [1.807, 2.05) is 6.20 Å². The molecule has 2 rings (SSSR count). The van der Waals surface area contributed by atoms with E-state index < -0.39 is 0 Å². The summed E-state index contributed by atoms with van der Waals surface area (Å²) in [5.41, 5.74) is 0.478. The molecule has 90 valence electrons. The summed E-state index contributed by atoms with van der Waals surface area (Å²) < 4.78 is 2.26. The Kier molecular flexibility index (Phi) is 2.61. The number of nitrogens with zero attached hydrogens (tertiary/aromatic N) is 3. The van der Waals surface area contributed by atoms with Crippen LogP contribution in [0.15, 0.2) is 12.4 Å². The highest BCUT2D eigenvalue weighted by Gasteiger charge is 2.39. The zero-order chi connectivity index (χ0) is 12.0. The predicted octanol–water partition coefficient (Wildman–Crippen LogP) is 2.52. The Morgan fingerprint density at radius 1 is 1.12 bits per heavy atom. The van der Waals surface area contributed by atoms with E-state index in [1.165, 1.54) is 5.82 Å². The van der Waals surface area contributed by atoms with E-state index in [9.17, 15) is 0 Å². The molecule has 0 amide bonds. The van der Waals surface area contributed by atoms with Crippen LogP contribution < -0.4 is 0 Å². The molecule has 0 atom stereocenters. The van der Waals surface area contributed by atoms with Crippen LogP contribution in [0, 0.1) is 5.41 Å². The van der Waals surface area contributed by atoms with Crippen LogP contribution >= 0.6 is 0 Å². The molecule has 0 saturated heterocycles. The van der Waals surface area contributed by atoms with Gasteiger partial charge in [-0.2, -0.15) is 0 Å². The van der Waals surface area contributed by atoms with E-state index in [1.54, 1.807) is 0 Å². The van der Waals surface area contributed by atoms with Crippen LogP contribution in [0.4, 0.5) is 0 Å². The number of hydrogen-bond acceptors (Lipinski definition) is 2. The van der Waals surface area contributed by atoms with Gasteiger partial charge in [0.25, 0.3) is 0 Å². The minimum Gasteiger partial charge on any atom is -0.333 e. The van der Waals surface area contributed by atoms with Gasteiger partial charge < -0.3 is 4.57 Å². The maximum absolute atomic E-state index is 4.42. The van der Waals surface area contributed by atoms with Gasteiger partial charge in [-0.15, -0.1) is 0 Å². The van der Waals surface area contributed by atoms with E-state index in [-0.39, 0.29) is 11.0 Å². The number of hydrogen-bond donors (Lipinski definition) is 0. The summed E-state index contributed by atoms with van der Waals surface area (Å²) in [6.07, 6.45) is 3.99. The molecule has 0 spiro atoms. The number of fused-ring (bicyclic) bond motifs is 1. The first-order chi connectivity index (χ1) is 7.32. The SMILES string of the molecule is CC(C)(C)C(C)(C)N1CCn2ccnc2C1. The van der Waals surface area contributed by atoms with Crippen molar-refractivity contribution >= 4 is 0 Å². The lowest BCUT2D eigenvalue weighted by Crippen LogP contribution is -2.55. The molecule has 0 aromatic carbocycles. The van der Waals surface area contributed by atoms with Gasteiger partial charge in [-0.05, 0) is 19.3 Å². The normalized spacial score (nSPS) is 18.6. The largest absolute Gasteiger partial charge is 0.333 e.